The Bertz CT molecular complexity index is 2600. The van der Waals surface area contributed by atoms with E-state index in [9.17, 15) is 22.4 Å². The molecule has 7 aromatic carbocycles. The fraction of sp³-hybridized carbons (Fsp3) is 0. The molecule has 9 rings (SSSR count). The van der Waals surface area contributed by atoms with Gasteiger partial charge in [0, 0.05) is 61.0 Å². The number of pyridine rings is 2. The Hall–Kier alpha value is -6.18. The SMILES string of the molecule is Fc1c[c-]c(-c2ccccn2)c(F)c1.Fc1c[c-]c(-c2ccccn2)c(F)c1.O[Si](c1ccccc1)(c1ccccc1)c1ccccc1[PH+](c1ccccc1)c1ccccc1.[Ir]. The first-order valence-electron chi connectivity index (χ1n) is 19.3. The topological polar surface area (TPSA) is 46.0 Å². The Kier molecular flexibility index (Phi) is 16.1. The van der Waals surface area contributed by atoms with Gasteiger partial charge in [-0.15, -0.1) is 24.3 Å². The molecule has 9 aromatic rings. The van der Waals surface area contributed by atoms with Gasteiger partial charge >= 0.3 is 0 Å². The predicted molar refractivity (Wildman–Crippen MR) is 243 cm³/mol. The summed E-state index contributed by atoms with van der Waals surface area (Å²) in [6.07, 6.45) is 3.10. The monoisotopic (exact) mass is 1030 g/mol. The number of hydrogen-bond donors (Lipinski definition) is 1. The van der Waals surface area contributed by atoms with E-state index >= 15 is 0 Å². The number of aromatic nitrogens is 2. The molecule has 0 saturated heterocycles. The third kappa shape index (κ3) is 11.0. The van der Waals surface area contributed by atoms with Gasteiger partial charge in [0.05, 0.1) is 7.92 Å². The third-order valence-electron chi connectivity index (χ3n) is 9.65. The largest absolute Gasteiger partial charge is 0.421 e. The van der Waals surface area contributed by atoms with Crippen molar-refractivity contribution >= 4 is 47.7 Å². The van der Waals surface area contributed by atoms with Crippen LogP contribution in [-0.2, 0) is 20.1 Å². The maximum atomic E-state index is 13.2. The molecule has 2 aromatic heterocycles. The van der Waals surface area contributed by atoms with Crippen molar-refractivity contribution in [2.75, 3.05) is 0 Å². The van der Waals surface area contributed by atoms with E-state index in [1.54, 1.807) is 48.8 Å². The van der Waals surface area contributed by atoms with Gasteiger partial charge in [-0.25, -0.2) is 0 Å². The molecule has 10 heteroatoms. The average molecular weight is 1030 g/mol. The van der Waals surface area contributed by atoms with E-state index in [2.05, 4.69) is 131 Å². The number of rotatable bonds is 8. The Morgan fingerprint density at radius 1 is 0.452 bits per heavy atom. The first-order valence-corrected chi connectivity index (χ1v) is 22.7. The zero-order valence-corrected chi connectivity index (χ0v) is 37.4. The molecule has 0 amide bonds. The Labute approximate surface area is 374 Å². The molecule has 309 valence electrons. The van der Waals surface area contributed by atoms with Gasteiger partial charge in [0.25, 0.3) is 8.32 Å². The van der Waals surface area contributed by atoms with Crippen molar-refractivity contribution in [3.8, 4) is 22.5 Å². The second-order valence-corrected chi connectivity index (χ2v) is 19.2. The first-order chi connectivity index (χ1) is 29.8. The predicted octanol–water partition coefficient (Wildman–Crippen LogP) is 8.79. The average Bonchev–Trinajstić information content (AvgIpc) is 3.31. The van der Waals surface area contributed by atoms with Gasteiger partial charge in [-0.1, -0.05) is 163 Å². The van der Waals surface area contributed by atoms with Gasteiger partial charge in [-0.05, 0) is 64.2 Å². The normalized spacial score (nSPS) is 10.7. The summed E-state index contributed by atoms with van der Waals surface area (Å²) in [7, 11) is -4.55. The molecule has 0 aliphatic carbocycles. The quantitative estimate of drug-likeness (QED) is 0.0545. The molecular weight excluding hydrogens is 996 g/mol. The van der Waals surface area contributed by atoms with E-state index in [4.69, 9.17) is 0 Å². The molecule has 0 atom stereocenters. The van der Waals surface area contributed by atoms with Gasteiger partial charge in [0.15, 0.2) is 0 Å². The zero-order valence-electron chi connectivity index (χ0n) is 33.0. The summed E-state index contributed by atoms with van der Waals surface area (Å²) in [4.78, 5) is 20.6. The van der Waals surface area contributed by atoms with E-state index in [1.165, 1.54) is 15.9 Å². The van der Waals surface area contributed by atoms with Crippen LogP contribution in [-0.4, -0.2) is 23.1 Å². The van der Waals surface area contributed by atoms with Gasteiger partial charge in [-0.2, -0.15) is 0 Å². The van der Waals surface area contributed by atoms with Crippen molar-refractivity contribution in [3.63, 3.8) is 0 Å². The van der Waals surface area contributed by atoms with Crippen LogP contribution >= 0.6 is 7.92 Å². The molecule has 62 heavy (non-hydrogen) atoms. The minimum absolute atomic E-state index is 0. The van der Waals surface area contributed by atoms with Gasteiger partial charge < -0.3 is 14.8 Å². The van der Waals surface area contributed by atoms with Crippen molar-refractivity contribution in [3.05, 3.63) is 254 Å². The summed E-state index contributed by atoms with van der Waals surface area (Å²) in [5.74, 6) is -2.57. The van der Waals surface area contributed by atoms with E-state index in [1.807, 2.05) is 36.4 Å². The molecule has 0 unspecified atom stereocenters. The minimum atomic E-state index is -3.23. The second kappa shape index (κ2) is 22.1. The number of nitrogens with zero attached hydrogens (tertiary/aromatic N) is 2. The first kappa shape index (κ1) is 45.3. The number of halogens is 4. The molecule has 0 aliphatic rings. The Morgan fingerprint density at radius 2 is 0.823 bits per heavy atom. The maximum Gasteiger partial charge on any atom is 0.289 e. The van der Waals surface area contributed by atoms with Crippen molar-refractivity contribution in [2.45, 2.75) is 0 Å². The van der Waals surface area contributed by atoms with Crippen LogP contribution in [0.5, 0.6) is 0 Å². The van der Waals surface area contributed by atoms with Crippen LogP contribution in [0.2, 0.25) is 0 Å². The summed E-state index contributed by atoms with van der Waals surface area (Å²) in [6, 6.07) is 69.6. The van der Waals surface area contributed by atoms with Crippen LogP contribution in [0, 0.1) is 35.4 Å². The number of benzene rings is 7. The molecule has 3 nitrogen and oxygen atoms in total. The van der Waals surface area contributed by atoms with Crippen LogP contribution in [0.25, 0.3) is 22.5 Å². The van der Waals surface area contributed by atoms with Crippen molar-refractivity contribution in [1.82, 2.24) is 9.97 Å². The maximum absolute atomic E-state index is 13.2. The van der Waals surface area contributed by atoms with Crippen molar-refractivity contribution < 1.29 is 42.5 Å². The number of hydrogen-bond acceptors (Lipinski definition) is 3. The molecular formula is C52H38F4IrN2OPSi-. The zero-order chi connectivity index (χ0) is 42.4. The van der Waals surface area contributed by atoms with Gasteiger partial charge in [0.2, 0.25) is 0 Å². The van der Waals surface area contributed by atoms with Crippen LogP contribution in [0.1, 0.15) is 0 Å². The molecule has 2 heterocycles. The van der Waals surface area contributed by atoms with E-state index < -0.39 is 39.5 Å². The van der Waals surface area contributed by atoms with Crippen LogP contribution in [0.3, 0.4) is 0 Å². The van der Waals surface area contributed by atoms with Gasteiger partial charge in [0.1, 0.15) is 15.9 Å². The van der Waals surface area contributed by atoms with Crippen LogP contribution in [0.15, 0.2) is 219 Å². The minimum Gasteiger partial charge on any atom is -0.421 e. The van der Waals surface area contributed by atoms with E-state index in [-0.39, 0.29) is 31.2 Å². The second-order valence-electron chi connectivity index (χ2n) is 13.6. The third-order valence-corrected chi connectivity index (χ3v) is 16.3. The summed E-state index contributed by atoms with van der Waals surface area (Å²) in [5, 5.41) is 6.97. The van der Waals surface area contributed by atoms with Crippen LogP contribution in [0.4, 0.5) is 17.6 Å². The fourth-order valence-corrected chi connectivity index (χ4v) is 13.5. The molecule has 1 N–H and O–H groups in total. The Morgan fingerprint density at radius 3 is 1.21 bits per heavy atom. The summed E-state index contributed by atoms with van der Waals surface area (Å²) in [6.45, 7) is 0. The summed E-state index contributed by atoms with van der Waals surface area (Å²) in [5.41, 5.74) is 1.27. The Balaban J connectivity index is 0.000000182. The van der Waals surface area contributed by atoms with Crippen LogP contribution < -0.4 is 31.5 Å². The molecule has 0 fully saturated rings. The summed E-state index contributed by atoms with van der Waals surface area (Å²) < 4.78 is 51.6. The smallest absolute Gasteiger partial charge is 0.289 e. The van der Waals surface area contributed by atoms with E-state index in [0.717, 1.165) is 39.8 Å². The standard InChI is InChI=1S/C30H25OPSi.2C11H6F2N.Ir/c31-33(27-19-9-3-10-20-27,28-21-11-4-12-22-28)30-24-14-13-23-29(30)32(25-15-5-1-6-16-25)26-17-7-2-8-18-26;2*12-8-4-5-9(10(13)7-8)11-3-1-2-6-14-11;/h1-24,31H;2*1-4,6-7H;/q;2*-1;/p+1. The molecule has 0 aliphatic heterocycles. The van der Waals surface area contributed by atoms with Gasteiger partial charge in [-0.3, -0.25) is 17.6 Å². The molecule has 0 bridgehead atoms. The molecule has 1 radical (unpaired) electrons. The van der Waals surface area contributed by atoms with Crippen molar-refractivity contribution in [1.29, 1.82) is 0 Å². The fourth-order valence-electron chi connectivity index (χ4n) is 6.84. The van der Waals surface area contributed by atoms with E-state index in [0.29, 0.717) is 11.4 Å². The summed E-state index contributed by atoms with van der Waals surface area (Å²) >= 11 is 0. The molecule has 0 saturated carbocycles. The van der Waals surface area contributed by atoms with Crippen molar-refractivity contribution in [2.24, 2.45) is 0 Å². The molecule has 0 spiro atoms.